The quantitative estimate of drug-likeness (QED) is 0.166. The summed E-state index contributed by atoms with van der Waals surface area (Å²) < 4.78 is 25.9. The fourth-order valence-electron chi connectivity index (χ4n) is 3.61. The van der Waals surface area contributed by atoms with E-state index in [1.165, 1.54) is 42.6 Å². The third-order valence-electron chi connectivity index (χ3n) is 5.32. The van der Waals surface area contributed by atoms with Crippen molar-refractivity contribution in [1.82, 2.24) is 9.66 Å². The Morgan fingerprint density at radius 3 is 2.64 bits per heavy atom. The van der Waals surface area contributed by atoms with E-state index in [1.807, 2.05) is 0 Å². The first kappa shape index (κ1) is 27.4. The van der Waals surface area contributed by atoms with Gasteiger partial charge in [0.2, 0.25) is 5.75 Å². The van der Waals surface area contributed by atoms with Gasteiger partial charge >= 0.3 is 5.69 Å². The smallest absolute Gasteiger partial charge is 0.315 e. The molecule has 0 saturated carbocycles. The van der Waals surface area contributed by atoms with E-state index in [2.05, 4.69) is 31.3 Å². The second-order valence-electron chi connectivity index (χ2n) is 8.08. The van der Waals surface area contributed by atoms with E-state index < -0.39 is 34.5 Å². The van der Waals surface area contributed by atoms with E-state index in [1.54, 1.807) is 32.0 Å². The molecule has 0 saturated heterocycles. The molecule has 39 heavy (non-hydrogen) atoms. The van der Waals surface area contributed by atoms with Crippen molar-refractivity contribution in [3.63, 3.8) is 0 Å². The number of nitro benzene ring substituents is 1. The third kappa shape index (κ3) is 6.44. The van der Waals surface area contributed by atoms with Crippen LogP contribution in [-0.2, 0) is 4.79 Å². The lowest BCUT2D eigenvalue weighted by atomic mass is 10.2. The van der Waals surface area contributed by atoms with E-state index in [0.29, 0.717) is 26.9 Å². The zero-order valence-electron chi connectivity index (χ0n) is 20.7. The lowest BCUT2D eigenvalue weighted by Gasteiger charge is -2.13. The third-order valence-corrected chi connectivity index (χ3v) is 5.82. The Morgan fingerprint density at radius 1 is 1.21 bits per heavy atom. The molecule has 0 aliphatic rings. The predicted molar refractivity (Wildman–Crippen MR) is 146 cm³/mol. The van der Waals surface area contributed by atoms with Gasteiger partial charge in [-0.15, -0.1) is 0 Å². The summed E-state index contributed by atoms with van der Waals surface area (Å²) in [6.07, 6.45) is 1.26. The zero-order chi connectivity index (χ0) is 28.1. The number of halogens is 2. The molecular weight excluding hydrogens is 577 g/mol. The van der Waals surface area contributed by atoms with Gasteiger partial charge in [0.05, 0.1) is 28.6 Å². The minimum Gasteiger partial charge on any atom is -0.490 e. The van der Waals surface area contributed by atoms with Crippen molar-refractivity contribution >= 4 is 50.3 Å². The maximum atomic E-state index is 13.1. The standard InChI is InChI=1S/C26H21BrFN5O6/c1-3-38-23-11-16(13-29-32-15(2)30-21-9-4-17(27)12-20(21)26(32)35)10-22(33(36)37)25(23)39-14-24(34)31-19-7-5-18(28)6-8-19/h4-13H,3,14H2,1-2H3,(H,31,34). The number of benzene rings is 3. The van der Waals surface area contributed by atoms with Crippen molar-refractivity contribution in [2.75, 3.05) is 18.5 Å². The van der Waals surface area contributed by atoms with Crippen LogP contribution in [-0.4, -0.2) is 39.9 Å². The first-order valence-corrected chi connectivity index (χ1v) is 12.3. The SMILES string of the molecule is CCOc1cc(C=Nn2c(C)nc3ccc(Br)cc3c2=O)cc([N+](=O)[O-])c1OCC(=O)Nc1ccc(F)cc1. The number of nitro groups is 1. The second kappa shape index (κ2) is 11.8. The number of rotatable bonds is 9. The first-order valence-electron chi connectivity index (χ1n) is 11.5. The number of anilines is 1. The van der Waals surface area contributed by atoms with Gasteiger partial charge in [-0.1, -0.05) is 15.9 Å². The molecule has 11 nitrogen and oxygen atoms in total. The number of hydrogen-bond acceptors (Lipinski definition) is 8. The number of carbonyl (C=O) groups is 1. The van der Waals surface area contributed by atoms with E-state index in [9.17, 15) is 24.1 Å². The zero-order valence-corrected chi connectivity index (χ0v) is 22.3. The second-order valence-corrected chi connectivity index (χ2v) is 9.00. The molecule has 0 atom stereocenters. The molecule has 1 N–H and O–H groups in total. The number of carbonyl (C=O) groups excluding carboxylic acids is 1. The maximum absolute atomic E-state index is 13.1. The molecule has 0 radical (unpaired) electrons. The average Bonchev–Trinajstić information content (AvgIpc) is 2.89. The highest BCUT2D eigenvalue weighted by molar-refractivity contribution is 9.10. The van der Waals surface area contributed by atoms with Gasteiger partial charge in [-0.2, -0.15) is 9.78 Å². The molecule has 4 rings (SSSR count). The summed E-state index contributed by atoms with van der Waals surface area (Å²) in [5.41, 5.74) is 0.195. The summed E-state index contributed by atoms with van der Waals surface area (Å²) in [6.45, 7) is 2.87. The Bertz CT molecular complexity index is 1660. The Labute approximate surface area is 229 Å². The Morgan fingerprint density at radius 2 is 1.95 bits per heavy atom. The monoisotopic (exact) mass is 597 g/mol. The van der Waals surface area contributed by atoms with Crippen molar-refractivity contribution < 1.29 is 23.6 Å². The van der Waals surface area contributed by atoms with Gasteiger partial charge in [0.15, 0.2) is 12.4 Å². The Balaban J connectivity index is 1.64. The highest BCUT2D eigenvalue weighted by Crippen LogP contribution is 2.38. The van der Waals surface area contributed by atoms with Crippen molar-refractivity contribution in [3.05, 3.63) is 96.7 Å². The molecule has 1 aromatic heterocycles. The first-order chi connectivity index (χ1) is 18.7. The minimum absolute atomic E-state index is 0.00682. The van der Waals surface area contributed by atoms with Crippen LogP contribution >= 0.6 is 15.9 Å². The molecule has 0 bridgehead atoms. The normalized spacial score (nSPS) is 11.1. The van der Waals surface area contributed by atoms with E-state index in [0.717, 1.165) is 4.68 Å². The van der Waals surface area contributed by atoms with Crippen LogP contribution in [0.15, 0.2) is 69.0 Å². The van der Waals surface area contributed by atoms with Crippen molar-refractivity contribution in [2.45, 2.75) is 13.8 Å². The lowest BCUT2D eigenvalue weighted by Crippen LogP contribution is -2.21. The molecule has 4 aromatic rings. The summed E-state index contributed by atoms with van der Waals surface area (Å²) >= 11 is 3.33. The fraction of sp³-hybridized carbons (Fsp3) is 0.154. The van der Waals surface area contributed by atoms with Crippen molar-refractivity contribution in [1.29, 1.82) is 0 Å². The molecule has 0 fully saturated rings. The maximum Gasteiger partial charge on any atom is 0.315 e. The predicted octanol–water partition coefficient (Wildman–Crippen LogP) is 4.81. The van der Waals surface area contributed by atoms with Crippen LogP contribution in [0.4, 0.5) is 15.8 Å². The largest absolute Gasteiger partial charge is 0.490 e. The Kier molecular flexibility index (Phi) is 8.30. The van der Waals surface area contributed by atoms with Gasteiger partial charge in [0.1, 0.15) is 11.6 Å². The molecule has 1 amide bonds. The number of hydrogen-bond donors (Lipinski definition) is 1. The molecule has 200 valence electrons. The number of amides is 1. The van der Waals surface area contributed by atoms with Gasteiger partial charge in [0, 0.05) is 21.8 Å². The van der Waals surface area contributed by atoms with Crippen molar-refractivity contribution in [2.24, 2.45) is 5.10 Å². The van der Waals surface area contributed by atoms with Gasteiger partial charge in [-0.3, -0.25) is 19.7 Å². The summed E-state index contributed by atoms with van der Waals surface area (Å²) in [7, 11) is 0. The molecule has 0 aliphatic heterocycles. The molecule has 3 aromatic carbocycles. The van der Waals surface area contributed by atoms with Crippen LogP contribution in [0.5, 0.6) is 11.5 Å². The number of aromatic nitrogens is 2. The van der Waals surface area contributed by atoms with Gasteiger partial charge in [-0.25, -0.2) is 9.37 Å². The minimum atomic E-state index is -0.681. The summed E-state index contributed by atoms with van der Waals surface area (Å²) in [4.78, 5) is 40.9. The van der Waals surface area contributed by atoms with Crippen LogP contribution in [0.1, 0.15) is 18.3 Å². The lowest BCUT2D eigenvalue weighted by molar-refractivity contribution is -0.385. The van der Waals surface area contributed by atoms with Crippen LogP contribution < -0.4 is 20.3 Å². The Hall–Kier alpha value is -4.65. The summed E-state index contributed by atoms with van der Waals surface area (Å²) in [5, 5.41) is 18.9. The highest BCUT2D eigenvalue weighted by Gasteiger charge is 2.23. The van der Waals surface area contributed by atoms with Crippen LogP contribution in [0.3, 0.4) is 0 Å². The molecule has 0 unspecified atom stereocenters. The molecular formula is C26H21BrFN5O6. The number of aryl methyl sites for hydroxylation is 1. The average molecular weight is 598 g/mol. The topological polar surface area (TPSA) is 138 Å². The summed E-state index contributed by atoms with van der Waals surface area (Å²) in [5.74, 6) is -1.01. The fourth-order valence-corrected chi connectivity index (χ4v) is 3.98. The van der Waals surface area contributed by atoms with Gasteiger partial charge in [0.25, 0.3) is 11.5 Å². The molecule has 1 heterocycles. The van der Waals surface area contributed by atoms with E-state index in [4.69, 9.17) is 9.47 Å². The van der Waals surface area contributed by atoms with E-state index >= 15 is 0 Å². The van der Waals surface area contributed by atoms with Crippen LogP contribution in [0.25, 0.3) is 10.9 Å². The van der Waals surface area contributed by atoms with Crippen LogP contribution in [0.2, 0.25) is 0 Å². The van der Waals surface area contributed by atoms with Crippen molar-refractivity contribution in [3.8, 4) is 11.5 Å². The number of nitrogens with one attached hydrogen (secondary N) is 1. The molecule has 0 spiro atoms. The summed E-state index contributed by atoms with van der Waals surface area (Å²) in [6, 6.07) is 12.8. The van der Waals surface area contributed by atoms with Gasteiger partial charge in [-0.05, 0) is 62.4 Å². The highest BCUT2D eigenvalue weighted by atomic mass is 79.9. The van der Waals surface area contributed by atoms with Gasteiger partial charge < -0.3 is 14.8 Å². The van der Waals surface area contributed by atoms with Crippen LogP contribution in [0, 0.1) is 22.9 Å². The number of fused-ring (bicyclic) bond motifs is 1. The molecule has 13 heteroatoms. The number of ether oxygens (including phenoxy) is 2. The number of nitrogens with zero attached hydrogens (tertiary/aromatic N) is 4. The van der Waals surface area contributed by atoms with E-state index in [-0.39, 0.29) is 23.7 Å². The molecule has 0 aliphatic carbocycles.